The van der Waals surface area contributed by atoms with Gasteiger partial charge in [0.1, 0.15) is 5.75 Å². The van der Waals surface area contributed by atoms with E-state index < -0.39 is 0 Å². The fourth-order valence-electron chi connectivity index (χ4n) is 3.80. The Labute approximate surface area is 167 Å². The minimum absolute atomic E-state index is 0.308. The number of imidazole rings is 2. The van der Waals surface area contributed by atoms with E-state index in [1.807, 2.05) is 49.7 Å². The highest BCUT2D eigenvalue weighted by molar-refractivity contribution is 5.76. The molecule has 0 saturated carbocycles. The van der Waals surface area contributed by atoms with E-state index in [4.69, 9.17) is 4.74 Å². The van der Waals surface area contributed by atoms with E-state index in [9.17, 15) is 9.59 Å². The number of aryl methyl sites for hydroxylation is 3. The molecule has 0 aliphatic heterocycles. The van der Waals surface area contributed by atoms with Gasteiger partial charge in [0.05, 0.1) is 12.8 Å². The summed E-state index contributed by atoms with van der Waals surface area (Å²) in [5.74, 6) is 1.28. The second-order valence-corrected chi connectivity index (χ2v) is 7.39. The van der Waals surface area contributed by atoms with E-state index >= 15 is 0 Å². The molecule has 0 fully saturated rings. The van der Waals surface area contributed by atoms with E-state index in [2.05, 4.69) is 4.98 Å². The molecule has 1 aromatic carbocycles. The van der Waals surface area contributed by atoms with Crippen LogP contribution in [0.3, 0.4) is 0 Å². The van der Waals surface area contributed by atoms with Crippen LogP contribution in [-0.4, -0.2) is 30.2 Å². The third-order valence-corrected chi connectivity index (χ3v) is 5.34. The fraction of sp³-hybridized carbons (Fsp3) is 0.381. The number of hydrogen-bond donors (Lipinski definition) is 0. The van der Waals surface area contributed by atoms with Gasteiger partial charge in [-0.25, -0.2) is 4.79 Å². The van der Waals surface area contributed by atoms with Crippen molar-refractivity contribution in [3.8, 4) is 11.4 Å². The standard InChI is InChI=1S/C21H25N5O3/c1-6-7-10-24-19(27)17-18(23(4)21(24)28)22-20-25(17)12-14(3)26(20)15-11-13(2)8-9-16(15)29-5/h8-9,11-12H,6-7,10H2,1-5H3. The molecule has 4 aromatic rings. The molecule has 0 N–H and O–H groups in total. The second-order valence-electron chi connectivity index (χ2n) is 7.39. The molecule has 0 atom stereocenters. The summed E-state index contributed by atoms with van der Waals surface area (Å²) >= 11 is 0. The van der Waals surface area contributed by atoms with E-state index in [0.717, 1.165) is 29.8 Å². The molecule has 0 unspecified atom stereocenters. The van der Waals surface area contributed by atoms with Gasteiger partial charge in [0, 0.05) is 25.5 Å². The molecule has 152 valence electrons. The Kier molecular flexibility index (Phi) is 4.56. The summed E-state index contributed by atoms with van der Waals surface area (Å²) in [6, 6.07) is 5.91. The first kappa shape index (κ1) is 19.0. The summed E-state index contributed by atoms with van der Waals surface area (Å²) in [6.07, 6.45) is 3.55. The van der Waals surface area contributed by atoms with Crippen LogP contribution in [0.4, 0.5) is 0 Å². The van der Waals surface area contributed by atoms with Crippen LogP contribution in [0, 0.1) is 13.8 Å². The molecule has 0 aliphatic rings. The number of nitrogens with zero attached hydrogens (tertiary/aromatic N) is 5. The minimum atomic E-state index is -0.340. The Balaban J connectivity index is 2.10. The molecule has 8 nitrogen and oxygen atoms in total. The van der Waals surface area contributed by atoms with Crippen LogP contribution in [-0.2, 0) is 13.6 Å². The molecular weight excluding hydrogens is 370 g/mol. The van der Waals surface area contributed by atoms with Crippen molar-refractivity contribution in [2.24, 2.45) is 7.05 Å². The predicted molar refractivity (Wildman–Crippen MR) is 112 cm³/mol. The molecule has 0 radical (unpaired) electrons. The molecule has 8 heteroatoms. The first-order valence-electron chi connectivity index (χ1n) is 9.74. The lowest BCUT2D eigenvalue weighted by atomic mass is 10.2. The topological polar surface area (TPSA) is 75.5 Å². The van der Waals surface area contributed by atoms with Crippen molar-refractivity contribution in [3.63, 3.8) is 0 Å². The van der Waals surface area contributed by atoms with E-state index in [0.29, 0.717) is 29.2 Å². The summed E-state index contributed by atoms with van der Waals surface area (Å²) in [6.45, 7) is 6.40. The van der Waals surface area contributed by atoms with Gasteiger partial charge in [-0.1, -0.05) is 19.4 Å². The highest BCUT2D eigenvalue weighted by atomic mass is 16.5. The van der Waals surface area contributed by atoms with Crippen LogP contribution in [0.15, 0.2) is 34.0 Å². The van der Waals surface area contributed by atoms with Crippen LogP contribution in [0.1, 0.15) is 31.0 Å². The Morgan fingerprint density at radius 1 is 1.17 bits per heavy atom. The molecule has 4 rings (SSSR count). The number of ether oxygens (including phenoxy) is 1. The zero-order valence-corrected chi connectivity index (χ0v) is 17.4. The van der Waals surface area contributed by atoms with Gasteiger partial charge in [0.25, 0.3) is 5.56 Å². The Morgan fingerprint density at radius 2 is 1.93 bits per heavy atom. The van der Waals surface area contributed by atoms with Gasteiger partial charge < -0.3 is 4.74 Å². The SMILES string of the molecule is CCCCn1c(=O)c2c(nc3n(-c4cc(C)ccc4OC)c(C)cn23)n(C)c1=O. The zero-order valence-electron chi connectivity index (χ0n) is 17.4. The van der Waals surface area contributed by atoms with Gasteiger partial charge in [-0.15, -0.1) is 0 Å². The molecule has 0 spiro atoms. The van der Waals surface area contributed by atoms with Gasteiger partial charge in [0.15, 0.2) is 11.2 Å². The van der Waals surface area contributed by atoms with Gasteiger partial charge in [-0.05, 0) is 38.0 Å². The summed E-state index contributed by atoms with van der Waals surface area (Å²) in [5.41, 5.74) is 2.97. The molecular formula is C21H25N5O3. The largest absolute Gasteiger partial charge is 0.495 e. The van der Waals surface area contributed by atoms with Crippen molar-refractivity contribution in [3.05, 3.63) is 56.5 Å². The van der Waals surface area contributed by atoms with E-state index in [1.165, 1.54) is 9.13 Å². The summed E-state index contributed by atoms with van der Waals surface area (Å²) < 4.78 is 12.0. The maximum Gasteiger partial charge on any atom is 0.332 e. The normalized spacial score (nSPS) is 11.6. The molecule has 3 heterocycles. The third-order valence-electron chi connectivity index (χ3n) is 5.34. The fourth-order valence-corrected chi connectivity index (χ4v) is 3.80. The Morgan fingerprint density at radius 3 is 2.62 bits per heavy atom. The summed E-state index contributed by atoms with van der Waals surface area (Å²) in [7, 11) is 3.28. The third kappa shape index (κ3) is 2.78. The van der Waals surface area contributed by atoms with Crippen LogP contribution < -0.4 is 16.0 Å². The maximum absolute atomic E-state index is 13.2. The van der Waals surface area contributed by atoms with Crippen LogP contribution >= 0.6 is 0 Å². The molecule has 0 saturated heterocycles. The van der Waals surface area contributed by atoms with Gasteiger partial charge in [-0.3, -0.25) is 22.9 Å². The predicted octanol–water partition coefficient (Wildman–Crippen LogP) is 2.56. The number of fused-ring (bicyclic) bond motifs is 3. The second kappa shape index (κ2) is 6.95. The van der Waals surface area contributed by atoms with E-state index in [-0.39, 0.29) is 11.2 Å². The lowest BCUT2D eigenvalue weighted by Gasteiger charge is -2.12. The maximum atomic E-state index is 13.2. The summed E-state index contributed by atoms with van der Waals surface area (Å²) in [5, 5.41) is 0. The number of benzene rings is 1. The van der Waals surface area contributed by atoms with Gasteiger partial charge in [-0.2, -0.15) is 4.98 Å². The monoisotopic (exact) mass is 395 g/mol. The number of hydrogen-bond acceptors (Lipinski definition) is 4. The Hall–Kier alpha value is -3.29. The zero-order chi connectivity index (χ0) is 20.9. The lowest BCUT2D eigenvalue weighted by Crippen LogP contribution is -2.39. The van der Waals surface area contributed by atoms with Crippen molar-refractivity contribution in [2.45, 2.75) is 40.2 Å². The smallest absolute Gasteiger partial charge is 0.332 e. The van der Waals surface area contributed by atoms with Crippen molar-refractivity contribution < 1.29 is 4.74 Å². The van der Waals surface area contributed by atoms with E-state index in [1.54, 1.807) is 18.6 Å². The van der Waals surface area contributed by atoms with Crippen LogP contribution in [0.2, 0.25) is 0 Å². The van der Waals surface area contributed by atoms with Gasteiger partial charge in [0.2, 0.25) is 5.78 Å². The Bertz CT molecular complexity index is 1350. The van der Waals surface area contributed by atoms with Crippen molar-refractivity contribution in [1.29, 1.82) is 0 Å². The average molecular weight is 395 g/mol. The quantitative estimate of drug-likeness (QED) is 0.520. The minimum Gasteiger partial charge on any atom is -0.495 e. The van der Waals surface area contributed by atoms with Crippen molar-refractivity contribution in [2.75, 3.05) is 7.11 Å². The highest BCUT2D eigenvalue weighted by Crippen LogP contribution is 2.28. The van der Waals surface area contributed by atoms with Crippen LogP contribution in [0.25, 0.3) is 22.6 Å². The number of aromatic nitrogens is 5. The first-order chi connectivity index (χ1) is 13.9. The molecule has 0 bridgehead atoms. The van der Waals surface area contributed by atoms with Crippen LogP contribution in [0.5, 0.6) is 5.75 Å². The van der Waals surface area contributed by atoms with Gasteiger partial charge >= 0.3 is 5.69 Å². The molecule has 29 heavy (non-hydrogen) atoms. The summed E-state index contributed by atoms with van der Waals surface area (Å²) in [4.78, 5) is 30.6. The molecule has 3 aromatic heterocycles. The number of rotatable bonds is 5. The van der Waals surface area contributed by atoms with Crippen molar-refractivity contribution in [1.82, 2.24) is 23.1 Å². The van der Waals surface area contributed by atoms with Crippen molar-refractivity contribution >= 4 is 16.9 Å². The number of unbranched alkanes of at least 4 members (excludes halogenated alkanes) is 1. The highest BCUT2D eigenvalue weighted by Gasteiger charge is 2.21. The first-order valence-corrected chi connectivity index (χ1v) is 9.74. The average Bonchev–Trinajstić information content (AvgIpc) is 3.20. The lowest BCUT2D eigenvalue weighted by molar-refractivity contribution is 0.413. The molecule has 0 aliphatic carbocycles. The molecule has 0 amide bonds. The number of methoxy groups -OCH3 is 1.